The molecule has 0 fully saturated rings. The quantitative estimate of drug-likeness (QED) is 0.509. The van der Waals surface area contributed by atoms with Gasteiger partial charge in [0.2, 0.25) is 5.91 Å². The lowest BCUT2D eigenvalue weighted by Gasteiger charge is -2.26. The maximum atomic E-state index is 14.0. The van der Waals surface area contributed by atoms with Crippen LogP contribution in [0.4, 0.5) is 11.4 Å². The molecule has 32 heavy (non-hydrogen) atoms. The molecule has 1 amide bonds. The van der Waals surface area contributed by atoms with Gasteiger partial charge in [-0.25, -0.2) is 4.79 Å². The number of nitrogens with zero attached hydrogens (tertiary/aromatic N) is 1. The van der Waals surface area contributed by atoms with E-state index in [1.165, 1.54) is 12.1 Å². The number of carboxylic acids is 1. The van der Waals surface area contributed by atoms with Crippen LogP contribution in [0, 0.1) is 6.92 Å². The fraction of sp³-hybridized carbons (Fsp3) is 0.231. The van der Waals surface area contributed by atoms with Crippen LogP contribution in [0.25, 0.3) is 0 Å². The van der Waals surface area contributed by atoms with E-state index in [2.05, 4.69) is 0 Å². The van der Waals surface area contributed by atoms with Crippen molar-refractivity contribution in [3.8, 4) is 5.75 Å². The molecule has 1 N–H and O–H groups in total. The maximum absolute atomic E-state index is 14.0. The Balaban J connectivity index is 1.88. The van der Waals surface area contributed by atoms with E-state index in [9.17, 15) is 14.7 Å². The summed E-state index contributed by atoms with van der Waals surface area (Å²) in [6.45, 7) is 7.77. The maximum Gasteiger partial charge on any atom is 0.335 e. The molecular weight excluding hydrogens is 426 g/mol. The highest BCUT2D eigenvalue weighted by atomic mass is 35.5. The first-order valence-corrected chi connectivity index (χ1v) is 10.8. The third kappa shape index (κ3) is 3.53. The molecule has 5 nitrogen and oxygen atoms in total. The van der Waals surface area contributed by atoms with Gasteiger partial charge in [-0.05, 0) is 86.8 Å². The molecule has 0 saturated heterocycles. The van der Waals surface area contributed by atoms with Gasteiger partial charge in [-0.15, -0.1) is 0 Å². The minimum absolute atomic E-state index is 0.0415. The van der Waals surface area contributed by atoms with Crippen molar-refractivity contribution in [2.45, 2.75) is 39.2 Å². The number of ether oxygens (including phenoxy) is 1. The molecule has 0 bridgehead atoms. The lowest BCUT2D eigenvalue weighted by atomic mass is 9.77. The number of halogens is 1. The number of carbonyl (C=O) groups is 2. The Bertz CT molecular complexity index is 1240. The number of carboxylic acid groups (broad SMARTS) is 1. The van der Waals surface area contributed by atoms with E-state index in [0.717, 1.165) is 22.4 Å². The second-order valence-electron chi connectivity index (χ2n) is 8.43. The minimum Gasteiger partial charge on any atom is -0.491 e. The van der Waals surface area contributed by atoms with Gasteiger partial charge < -0.3 is 9.84 Å². The Morgan fingerprint density at radius 1 is 1.09 bits per heavy atom. The second kappa shape index (κ2) is 7.99. The molecule has 0 radical (unpaired) electrons. The predicted octanol–water partition coefficient (Wildman–Crippen LogP) is 6.12. The number of hydrogen-bond acceptors (Lipinski definition) is 3. The number of aryl methyl sites for hydroxylation is 1. The summed E-state index contributed by atoms with van der Waals surface area (Å²) in [4.78, 5) is 27.0. The van der Waals surface area contributed by atoms with Crippen LogP contribution in [0.5, 0.6) is 5.75 Å². The van der Waals surface area contributed by atoms with Crippen molar-refractivity contribution in [3.63, 3.8) is 0 Å². The second-order valence-corrected chi connectivity index (χ2v) is 8.87. The smallest absolute Gasteiger partial charge is 0.335 e. The Labute approximate surface area is 192 Å². The van der Waals surface area contributed by atoms with Gasteiger partial charge in [0.25, 0.3) is 0 Å². The normalized spacial score (nSPS) is 17.6. The molecule has 4 rings (SSSR count). The molecule has 0 saturated carbocycles. The fourth-order valence-electron chi connectivity index (χ4n) is 4.21. The molecule has 1 aliphatic rings. The average molecular weight is 450 g/mol. The SMILES string of the molecule is Cc1cc(C2(C)C(=O)N(c3cccc(C(=O)O)c3)c3ccc(Cl)cc32)ccc1OC(C)C. The summed E-state index contributed by atoms with van der Waals surface area (Å²) in [5, 5.41) is 9.94. The molecule has 3 aromatic rings. The topological polar surface area (TPSA) is 66.8 Å². The molecule has 6 heteroatoms. The first kappa shape index (κ1) is 21.9. The number of aromatic carboxylic acids is 1. The van der Waals surface area contributed by atoms with Crippen LogP contribution in [0.3, 0.4) is 0 Å². The van der Waals surface area contributed by atoms with Crippen LogP contribution in [-0.2, 0) is 10.2 Å². The zero-order chi connectivity index (χ0) is 23.2. The lowest BCUT2D eigenvalue weighted by Crippen LogP contribution is -2.37. The average Bonchev–Trinajstić information content (AvgIpc) is 2.97. The summed E-state index contributed by atoms with van der Waals surface area (Å²) in [6, 6.07) is 17.5. The van der Waals surface area contributed by atoms with Gasteiger partial charge in [-0.3, -0.25) is 9.69 Å². The van der Waals surface area contributed by atoms with Gasteiger partial charge in [0.15, 0.2) is 0 Å². The summed E-state index contributed by atoms with van der Waals surface area (Å²) in [5.41, 5.74) is 2.82. The molecule has 0 aliphatic carbocycles. The number of fused-ring (bicyclic) bond motifs is 1. The summed E-state index contributed by atoms with van der Waals surface area (Å²) in [5.74, 6) is -0.446. The molecule has 0 aromatic heterocycles. The van der Waals surface area contributed by atoms with Gasteiger partial charge in [-0.1, -0.05) is 29.8 Å². The van der Waals surface area contributed by atoms with Gasteiger partial charge >= 0.3 is 5.97 Å². The number of hydrogen-bond donors (Lipinski definition) is 1. The monoisotopic (exact) mass is 449 g/mol. The predicted molar refractivity (Wildman–Crippen MR) is 125 cm³/mol. The van der Waals surface area contributed by atoms with Crippen molar-refractivity contribution in [1.82, 2.24) is 0 Å². The van der Waals surface area contributed by atoms with E-state index in [0.29, 0.717) is 16.4 Å². The number of anilines is 2. The Morgan fingerprint density at radius 3 is 2.50 bits per heavy atom. The van der Waals surface area contributed by atoms with E-state index in [4.69, 9.17) is 16.3 Å². The molecule has 1 aliphatic heterocycles. The zero-order valence-electron chi connectivity index (χ0n) is 18.3. The summed E-state index contributed by atoms with van der Waals surface area (Å²) in [7, 11) is 0. The highest BCUT2D eigenvalue weighted by Gasteiger charge is 2.49. The fourth-order valence-corrected chi connectivity index (χ4v) is 4.38. The minimum atomic E-state index is -1.05. The molecule has 1 unspecified atom stereocenters. The third-order valence-corrected chi connectivity index (χ3v) is 6.07. The largest absolute Gasteiger partial charge is 0.491 e. The molecular formula is C26H24ClNO4. The molecule has 3 aromatic carbocycles. The van der Waals surface area contributed by atoms with Gasteiger partial charge in [0.05, 0.1) is 22.8 Å². The highest BCUT2D eigenvalue weighted by molar-refractivity contribution is 6.31. The van der Waals surface area contributed by atoms with Crippen molar-refractivity contribution < 1.29 is 19.4 Å². The van der Waals surface area contributed by atoms with E-state index in [1.807, 2.05) is 52.0 Å². The lowest BCUT2D eigenvalue weighted by molar-refractivity contribution is -0.120. The molecule has 0 spiro atoms. The van der Waals surface area contributed by atoms with E-state index < -0.39 is 11.4 Å². The Morgan fingerprint density at radius 2 is 1.84 bits per heavy atom. The Hall–Kier alpha value is -3.31. The van der Waals surface area contributed by atoms with Crippen molar-refractivity contribution >= 4 is 34.9 Å². The summed E-state index contributed by atoms with van der Waals surface area (Å²) < 4.78 is 5.86. The number of rotatable bonds is 5. The van der Waals surface area contributed by atoms with Crippen molar-refractivity contribution in [1.29, 1.82) is 0 Å². The number of carbonyl (C=O) groups excluding carboxylic acids is 1. The van der Waals surface area contributed by atoms with E-state index in [1.54, 1.807) is 29.2 Å². The van der Waals surface area contributed by atoms with E-state index >= 15 is 0 Å². The standard InChI is InChI=1S/C26H24ClNO4/c1-15(2)32-23-11-8-18(12-16(23)3)26(4)21-14-19(27)9-10-22(21)28(25(26)31)20-7-5-6-17(13-20)24(29)30/h5-15H,1-4H3,(H,29,30). The van der Waals surface area contributed by atoms with Crippen LogP contribution < -0.4 is 9.64 Å². The van der Waals surface area contributed by atoms with Gasteiger partial charge in [0.1, 0.15) is 5.75 Å². The van der Waals surface area contributed by atoms with Crippen LogP contribution >= 0.6 is 11.6 Å². The first-order valence-electron chi connectivity index (χ1n) is 10.4. The van der Waals surface area contributed by atoms with Crippen molar-refractivity contribution in [2.75, 3.05) is 4.90 Å². The molecule has 1 heterocycles. The zero-order valence-corrected chi connectivity index (χ0v) is 19.1. The van der Waals surface area contributed by atoms with Crippen molar-refractivity contribution in [2.24, 2.45) is 0 Å². The highest BCUT2D eigenvalue weighted by Crippen LogP contribution is 2.50. The molecule has 1 atom stereocenters. The van der Waals surface area contributed by atoms with E-state index in [-0.39, 0.29) is 17.6 Å². The summed E-state index contributed by atoms with van der Waals surface area (Å²) in [6.07, 6.45) is 0.0415. The van der Waals surface area contributed by atoms with Crippen LogP contribution in [-0.4, -0.2) is 23.1 Å². The van der Waals surface area contributed by atoms with Crippen molar-refractivity contribution in [3.05, 3.63) is 87.9 Å². The number of benzene rings is 3. The van der Waals surface area contributed by atoms with Crippen LogP contribution in [0.15, 0.2) is 60.7 Å². The van der Waals surface area contributed by atoms with Crippen LogP contribution in [0.1, 0.15) is 47.8 Å². The first-order chi connectivity index (χ1) is 15.1. The third-order valence-electron chi connectivity index (χ3n) is 5.84. The summed E-state index contributed by atoms with van der Waals surface area (Å²) >= 11 is 6.33. The van der Waals surface area contributed by atoms with Gasteiger partial charge in [0, 0.05) is 10.7 Å². The molecule has 164 valence electrons. The van der Waals surface area contributed by atoms with Crippen LogP contribution in [0.2, 0.25) is 5.02 Å². The Kier molecular flexibility index (Phi) is 5.47. The van der Waals surface area contributed by atoms with Gasteiger partial charge in [-0.2, -0.15) is 0 Å². The number of amides is 1.